The first-order valence-corrected chi connectivity index (χ1v) is 7.41. The van der Waals surface area contributed by atoms with E-state index >= 15 is 0 Å². The molecule has 0 spiro atoms. The minimum absolute atomic E-state index is 0.151. The quantitative estimate of drug-likeness (QED) is 0.674. The fraction of sp³-hybridized carbons (Fsp3) is 0.571. The molecule has 2 unspecified atom stereocenters. The van der Waals surface area contributed by atoms with Crippen molar-refractivity contribution in [2.24, 2.45) is 5.92 Å². The Balaban J connectivity index is 2.17. The van der Waals surface area contributed by atoms with Gasteiger partial charge in [0.15, 0.2) is 5.82 Å². The summed E-state index contributed by atoms with van der Waals surface area (Å²) in [5.41, 5.74) is 13.1. The number of imidazole rings is 2. The Kier molecular flexibility index (Phi) is 3.27. The number of aromatic amines is 2. The van der Waals surface area contributed by atoms with E-state index in [4.69, 9.17) is 11.5 Å². The highest BCUT2D eigenvalue weighted by Gasteiger charge is 2.29. The Labute approximate surface area is 122 Å². The van der Waals surface area contributed by atoms with Gasteiger partial charge in [-0.05, 0) is 25.7 Å². The summed E-state index contributed by atoms with van der Waals surface area (Å²) in [6.45, 7) is 4.01. The van der Waals surface area contributed by atoms with Gasteiger partial charge in [0.1, 0.15) is 23.0 Å². The molecule has 0 saturated heterocycles. The molecule has 114 valence electrons. The number of nitrogen functional groups attached to an aromatic ring is 2. The third-order valence-corrected chi connectivity index (χ3v) is 4.44. The molecule has 7 heteroatoms. The van der Waals surface area contributed by atoms with Gasteiger partial charge >= 0.3 is 5.69 Å². The van der Waals surface area contributed by atoms with E-state index < -0.39 is 0 Å². The molecule has 0 aromatic carbocycles. The number of aromatic nitrogens is 4. The zero-order valence-electron chi connectivity index (χ0n) is 12.4. The highest BCUT2D eigenvalue weighted by molar-refractivity contribution is 5.75. The molecule has 1 aliphatic rings. The molecular formula is C14H22N6O. The number of H-pyrrole nitrogens is 2. The average Bonchev–Trinajstić information content (AvgIpc) is 2.89. The molecule has 3 rings (SSSR count). The lowest BCUT2D eigenvalue weighted by molar-refractivity contribution is 0.254. The number of aryl methyl sites for hydroxylation is 1. The maximum atomic E-state index is 12.3. The lowest BCUT2D eigenvalue weighted by Gasteiger charge is -2.30. The van der Waals surface area contributed by atoms with Crippen molar-refractivity contribution >= 4 is 11.6 Å². The van der Waals surface area contributed by atoms with Crippen molar-refractivity contribution in [3.63, 3.8) is 0 Å². The minimum atomic E-state index is -0.173. The third kappa shape index (κ3) is 2.22. The predicted octanol–water partition coefficient (Wildman–Crippen LogP) is 1.79. The molecule has 1 aliphatic carbocycles. The van der Waals surface area contributed by atoms with Gasteiger partial charge in [0.05, 0.1) is 0 Å². The van der Waals surface area contributed by atoms with Crippen molar-refractivity contribution in [1.29, 1.82) is 0 Å². The second-order valence-corrected chi connectivity index (χ2v) is 5.97. The molecule has 2 aromatic heterocycles. The summed E-state index contributed by atoms with van der Waals surface area (Å²) in [5, 5.41) is 0. The molecule has 2 heterocycles. The lowest BCUT2D eigenvalue weighted by Crippen LogP contribution is -2.29. The van der Waals surface area contributed by atoms with E-state index in [1.165, 1.54) is 6.42 Å². The topological polar surface area (TPSA) is 119 Å². The first-order valence-electron chi connectivity index (χ1n) is 7.41. The Morgan fingerprint density at radius 2 is 1.95 bits per heavy atom. The van der Waals surface area contributed by atoms with E-state index in [0.29, 0.717) is 34.8 Å². The van der Waals surface area contributed by atoms with E-state index in [1.54, 1.807) is 4.57 Å². The van der Waals surface area contributed by atoms with Crippen LogP contribution in [-0.2, 0) is 0 Å². The number of hydrogen-bond acceptors (Lipinski definition) is 4. The summed E-state index contributed by atoms with van der Waals surface area (Å²) in [6.07, 6.45) is 4.45. The molecule has 0 aliphatic heterocycles. The van der Waals surface area contributed by atoms with E-state index in [2.05, 4.69) is 21.9 Å². The Morgan fingerprint density at radius 3 is 2.57 bits per heavy atom. The number of rotatable bonds is 2. The first kappa shape index (κ1) is 13.8. The highest BCUT2D eigenvalue weighted by atomic mass is 16.1. The minimum Gasteiger partial charge on any atom is -0.383 e. The van der Waals surface area contributed by atoms with E-state index in [9.17, 15) is 4.79 Å². The van der Waals surface area contributed by atoms with Crippen LogP contribution in [0.25, 0.3) is 11.4 Å². The molecule has 1 fully saturated rings. The SMILES string of the molecule is Cc1nc(N)c(-c2c(N)[nH]c(=O)n2C2CCCCC2C)[nH]1. The molecule has 0 radical (unpaired) electrons. The molecule has 21 heavy (non-hydrogen) atoms. The number of nitrogens with zero attached hydrogens (tertiary/aromatic N) is 2. The van der Waals surface area contributed by atoms with Crippen molar-refractivity contribution in [2.75, 3.05) is 11.5 Å². The van der Waals surface area contributed by atoms with Crippen LogP contribution in [0.15, 0.2) is 4.79 Å². The van der Waals surface area contributed by atoms with Crippen molar-refractivity contribution in [2.45, 2.75) is 45.6 Å². The molecule has 2 aromatic rings. The monoisotopic (exact) mass is 290 g/mol. The number of nitrogens with two attached hydrogens (primary N) is 2. The summed E-state index contributed by atoms with van der Waals surface area (Å²) in [4.78, 5) is 22.4. The number of nitrogens with one attached hydrogen (secondary N) is 2. The van der Waals surface area contributed by atoms with Gasteiger partial charge in [0.2, 0.25) is 0 Å². The highest BCUT2D eigenvalue weighted by Crippen LogP contribution is 2.37. The summed E-state index contributed by atoms with van der Waals surface area (Å²) < 4.78 is 1.77. The van der Waals surface area contributed by atoms with Crippen LogP contribution in [0.4, 0.5) is 11.6 Å². The normalized spacial score (nSPS) is 22.6. The maximum absolute atomic E-state index is 12.3. The summed E-state index contributed by atoms with van der Waals surface area (Å²) in [7, 11) is 0. The second kappa shape index (κ2) is 4.98. The standard InChI is InChI=1S/C14H22N6O/c1-7-5-3-4-6-9(7)20-11(13(16)19-14(20)21)10-12(15)18-8(2)17-10/h7,9H,3-6,15-16H2,1-2H3,(H,17,18)(H,19,21). The summed E-state index contributed by atoms with van der Waals surface area (Å²) >= 11 is 0. The first-order chi connectivity index (χ1) is 9.99. The Bertz CT molecular complexity index is 710. The van der Waals surface area contributed by atoms with Crippen molar-refractivity contribution in [3.05, 3.63) is 16.3 Å². The van der Waals surface area contributed by atoms with Crippen LogP contribution in [0.1, 0.15) is 44.5 Å². The molecule has 0 bridgehead atoms. The molecule has 7 nitrogen and oxygen atoms in total. The Morgan fingerprint density at radius 1 is 1.24 bits per heavy atom. The molecule has 0 amide bonds. The van der Waals surface area contributed by atoms with Gasteiger partial charge in [-0.2, -0.15) is 0 Å². The zero-order chi connectivity index (χ0) is 15.1. The third-order valence-electron chi connectivity index (χ3n) is 4.44. The molecular weight excluding hydrogens is 268 g/mol. The van der Waals surface area contributed by atoms with Gasteiger partial charge in [0.25, 0.3) is 0 Å². The second-order valence-electron chi connectivity index (χ2n) is 5.97. The van der Waals surface area contributed by atoms with Crippen LogP contribution in [0, 0.1) is 12.8 Å². The largest absolute Gasteiger partial charge is 0.383 e. The van der Waals surface area contributed by atoms with Gasteiger partial charge in [0, 0.05) is 6.04 Å². The van der Waals surface area contributed by atoms with Crippen LogP contribution < -0.4 is 17.2 Å². The van der Waals surface area contributed by atoms with E-state index in [-0.39, 0.29) is 11.7 Å². The smallest absolute Gasteiger partial charge is 0.327 e. The number of hydrogen-bond donors (Lipinski definition) is 4. The lowest BCUT2D eigenvalue weighted by atomic mass is 9.85. The van der Waals surface area contributed by atoms with Gasteiger partial charge in [-0.3, -0.25) is 9.55 Å². The Hall–Kier alpha value is -2.18. The van der Waals surface area contributed by atoms with E-state index in [1.807, 2.05) is 6.92 Å². The fourth-order valence-corrected chi connectivity index (χ4v) is 3.41. The summed E-state index contributed by atoms with van der Waals surface area (Å²) in [6, 6.07) is 0.151. The van der Waals surface area contributed by atoms with Crippen LogP contribution >= 0.6 is 0 Å². The summed E-state index contributed by atoms with van der Waals surface area (Å²) in [5.74, 6) is 1.86. The van der Waals surface area contributed by atoms with Crippen molar-refractivity contribution in [1.82, 2.24) is 19.5 Å². The molecule has 2 atom stereocenters. The van der Waals surface area contributed by atoms with Crippen LogP contribution in [0.3, 0.4) is 0 Å². The van der Waals surface area contributed by atoms with Crippen molar-refractivity contribution in [3.8, 4) is 11.4 Å². The predicted molar refractivity (Wildman–Crippen MR) is 82.9 cm³/mol. The van der Waals surface area contributed by atoms with Crippen LogP contribution in [0.2, 0.25) is 0 Å². The average molecular weight is 290 g/mol. The number of anilines is 2. The van der Waals surface area contributed by atoms with Gasteiger partial charge < -0.3 is 16.5 Å². The van der Waals surface area contributed by atoms with Crippen LogP contribution in [-0.4, -0.2) is 19.5 Å². The fourth-order valence-electron chi connectivity index (χ4n) is 3.41. The van der Waals surface area contributed by atoms with Gasteiger partial charge in [-0.1, -0.05) is 19.8 Å². The van der Waals surface area contributed by atoms with Gasteiger partial charge in [-0.15, -0.1) is 0 Å². The van der Waals surface area contributed by atoms with Gasteiger partial charge in [-0.25, -0.2) is 9.78 Å². The van der Waals surface area contributed by atoms with Crippen LogP contribution in [0.5, 0.6) is 0 Å². The molecule has 1 saturated carbocycles. The maximum Gasteiger partial charge on any atom is 0.327 e. The van der Waals surface area contributed by atoms with Crippen molar-refractivity contribution < 1.29 is 0 Å². The zero-order valence-corrected chi connectivity index (χ0v) is 12.4. The van der Waals surface area contributed by atoms with E-state index in [0.717, 1.165) is 19.3 Å². The molecule has 6 N–H and O–H groups in total.